The Morgan fingerprint density at radius 3 is 2.32 bits per heavy atom. The molecule has 5 heteroatoms. The first-order valence-corrected chi connectivity index (χ1v) is 10.9. The Morgan fingerprint density at radius 2 is 1.64 bits per heavy atom. The van der Waals surface area contributed by atoms with Crippen LogP contribution in [0.3, 0.4) is 0 Å². The fourth-order valence-corrected chi connectivity index (χ4v) is 3.97. The molecular formula is C23H30N2O2S. The van der Waals surface area contributed by atoms with Crippen LogP contribution in [-0.2, 0) is 16.0 Å². The lowest BCUT2D eigenvalue weighted by molar-refractivity contribution is -0.116. The van der Waals surface area contributed by atoms with Crippen molar-refractivity contribution in [1.82, 2.24) is 0 Å². The standard InChI is InChI=1S/C23H30N2O2S/c1-5-19-9-6-7-10-20(19)24-22(27)15-28-12-8-11-21(26)25-23-17(3)13-16(2)14-18(23)4/h6-7,9-10,13-14H,5,8,11-12,15H2,1-4H3,(H,24,27)(H,25,26). The first kappa shape index (κ1) is 22.0. The Balaban J connectivity index is 1.69. The third-order valence-electron chi connectivity index (χ3n) is 4.54. The summed E-state index contributed by atoms with van der Waals surface area (Å²) in [6.07, 6.45) is 2.10. The number of amides is 2. The van der Waals surface area contributed by atoms with Gasteiger partial charge in [-0.2, -0.15) is 11.8 Å². The summed E-state index contributed by atoms with van der Waals surface area (Å²) in [6, 6.07) is 12.0. The molecule has 0 radical (unpaired) electrons. The lowest BCUT2D eigenvalue weighted by atomic mass is 10.0. The Labute approximate surface area is 172 Å². The second-order valence-corrected chi connectivity index (χ2v) is 8.14. The van der Waals surface area contributed by atoms with Crippen molar-refractivity contribution in [1.29, 1.82) is 0 Å². The summed E-state index contributed by atoms with van der Waals surface area (Å²) in [5.41, 5.74) is 6.31. The monoisotopic (exact) mass is 398 g/mol. The number of nitrogens with one attached hydrogen (secondary N) is 2. The molecule has 0 aliphatic carbocycles. The number of para-hydroxylation sites is 1. The van der Waals surface area contributed by atoms with Crippen LogP contribution in [0, 0.1) is 20.8 Å². The van der Waals surface area contributed by atoms with E-state index in [9.17, 15) is 9.59 Å². The lowest BCUT2D eigenvalue weighted by Gasteiger charge is -2.13. The van der Waals surface area contributed by atoms with E-state index in [0.29, 0.717) is 12.2 Å². The zero-order chi connectivity index (χ0) is 20.5. The normalized spacial score (nSPS) is 10.6. The highest BCUT2D eigenvalue weighted by Crippen LogP contribution is 2.22. The van der Waals surface area contributed by atoms with Crippen LogP contribution in [0.5, 0.6) is 0 Å². The molecule has 2 amide bonds. The van der Waals surface area contributed by atoms with Crippen LogP contribution in [0.15, 0.2) is 36.4 Å². The van der Waals surface area contributed by atoms with Gasteiger partial charge in [-0.25, -0.2) is 0 Å². The molecule has 0 unspecified atom stereocenters. The minimum absolute atomic E-state index is 0.00116. The van der Waals surface area contributed by atoms with Gasteiger partial charge in [-0.3, -0.25) is 9.59 Å². The summed E-state index contributed by atoms with van der Waals surface area (Å²) in [6.45, 7) is 8.16. The SMILES string of the molecule is CCc1ccccc1NC(=O)CSCCCC(=O)Nc1c(C)cc(C)cc1C. The van der Waals surface area contributed by atoms with Crippen LogP contribution in [0.25, 0.3) is 0 Å². The molecule has 0 aliphatic rings. The van der Waals surface area contributed by atoms with Gasteiger partial charge in [-0.15, -0.1) is 0 Å². The molecule has 0 saturated heterocycles. The van der Waals surface area contributed by atoms with E-state index in [4.69, 9.17) is 0 Å². The van der Waals surface area contributed by atoms with Crippen molar-refractivity contribution in [3.05, 3.63) is 58.7 Å². The molecule has 2 aromatic carbocycles. The molecule has 0 aliphatic heterocycles. The van der Waals surface area contributed by atoms with Crippen molar-refractivity contribution in [2.45, 2.75) is 47.0 Å². The molecule has 0 spiro atoms. The van der Waals surface area contributed by atoms with Gasteiger partial charge in [0.15, 0.2) is 0 Å². The molecule has 0 atom stereocenters. The molecule has 0 heterocycles. The van der Waals surface area contributed by atoms with Crippen molar-refractivity contribution in [3.63, 3.8) is 0 Å². The molecule has 0 aromatic heterocycles. The van der Waals surface area contributed by atoms with Gasteiger partial charge in [-0.1, -0.05) is 42.8 Å². The van der Waals surface area contributed by atoms with Crippen LogP contribution < -0.4 is 10.6 Å². The van der Waals surface area contributed by atoms with E-state index in [-0.39, 0.29) is 11.8 Å². The van der Waals surface area contributed by atoms with Crippen LogP contribution in [0.2, 0.25) is 0 Å². The molecule has 2 rings (SSSR count). The number of carbonyl (C=O) groups is 2. The third-order valence-corrected chi connectivity index (χ3v) is 5.58. The van der Waals surface area contributed by atoms with Gasteiger partial charge in [0, 0.05) is 17.8 Å². The summed E-state index contributed by atoms with van der Waals surface area (Å²) < 4.78 is 0. The zero-order valence-corrected chi connectivity index (χ0v) is 18.0. The topological polar surface area (TPSA) is 58.2 Å². The average molecular weight is 399 g/mol. The Bertz CT molecular complexity index is 810. The molecule has 2 N–H and O–H groups in total. The van der Waals surface area contributed by atoms with Crippen LogP contribution in [-0.4, -0.2) is 23.3 Å². The largest absolute Gasteiger partial charge is 0.326 e. The van der Waals surface area contributed by atoms with E-state index < -0.39 is 0 Å². The molecule has 0 saturated carbocycles. The summed E-state index contributed by atoms with van der Waals surface area (Å²) >= 11 is 1.56. The number of hydrogen-bond donors (Lipinski definition) is 2. The Kier molecular flexibility index (Phi) is 8.58. The van der Waals surface area contributed by atoms with E-state index >= 15 is 0 Å². The maximum atomic E-state index is 12.2. The Morgan fingerprint density at radius 1 is 0.964 bits per heavy atom. The summed E-state index contributed by atoms with van der Waals surface area (Å²) in [7, 11) is 0. The zero-order valence-electron chi connectivity index (χ0n) is 17.2. The van der Waals surface area contributed by atoms with Crippen LogP contribution in [0.4, 0.5) is 11.4 Å². The fourth-order valence-electron chi connectivity index (χ4n) is 3.22. The van der Waals surface area contributed by atoms with E-state index in [1.807, 2.05) is 38.1 Å². The number of anilines is 2. The molecular weight excluding hydrogens is 368 g/mol. The predicted molar refractivity (Wildman–Crippen MR) is 120 cm³/mol. The van der Waals surface area contributed by atoms with Crippen molar-refractivity contribution in [2.75, 3.05) is 22.1 Å². The maximum Gasteiger partial charge on any atom is 0.234 e. The van der Waals surface area contributed by atoms with Gasteiger partial charge in [-0.05, 0) is 62.1 Å². The maximum absolute atomic E-state index is 12.2. The summed E-state index contributed by atoms with van der Waals surface area (Å²) in [4.78, 5) is 24.3. The highest BCUT2D eigenvalue weighted by Gasteiger charge is 2.09. The van der Waals surface area contributed by atoms with E-state index in [2.05, 4.69) is 36.6 Å². The van der Waals surface area contributed by atoms with Gasteiger partial charge >= 0.3 is 0 Å². The molecule has 28 heavy (non-hydrogen) atoms. The van der Waals surface area contributed by atoms with Crippen LogP contribution >= 0.6 is 11.8 Å². The van der Waals surface area contributed by atoms with Gasteiger partial charge in [0.2, 0.25) is 11.8 Å². The second-order valence-electron chi connectivity index (χ2n) is 7.04. The second kappa shape index (κ2) is 10.9. The quantitative estimate of drug-likeness (QED) is 0.566. The minimum Gasteiger partial charge on any atom is -0.326 e. The molecule has 150 valence electrons. The molecule has 2 aromatic rings. The fraction of sp³-hybridized carbons (Fsp3) is 0.391. The predicted octanol–water partition coefficient (Wildman–Crippen LogP) is 5.26. The van der Waals surface area contributed by atoms with Crippen molar-refractivity contribution < 1.29 is 9.59 Å². The van der Waals surface area contributed by atoms with Crippen LogP contribution in [0.1, 0.15) is 42.0 Å². The van der Waals surface area contributed by atoms with Crippen molar-refractivity contribution in [2.24, 2.45) is 0 Å². The summed E-state index contributed by atoms with van der Waals surface area (Å²) in [5, 5.41) is 5.99. The van der Waals surface area contributed by atoms with Gasteiger partial charge in [0.1, 0.15) is 0 Å². The van der Waals surface area contributed by atoms with Gasteiger partial charge in [0.25, 0.3) is 0 Å². The number of benzene rings is 2. The van der Waals surface area contributed by atoms with Crippen molar-refractivity contribution >= 4 is 35.0 Å². The molecule has 4 nitrogen and oxygen atoms in total. The molecule has 0 bridgehead atoms. The van der Waals surface area contributed by atoms with Gasteiger partial charge in [0.05, 0.1) is 5.75 Å². The Hall–Kier alpha value is -2.27. The van der Waals surface area contributed by atoms with E-state index in [1.54, 1.807) is 11.8 Å². The van der Waals surface area contributed by atoms with Crippen molar-refractivity contribution in [3.8, 4) is 0 Å². The smallest absolute Gasteiger partial charge is 0.234 e. The number of aryl methyl sites for hydroxylation is 4. The number of hydrogen-bond acceptors (Lipinski definition) is 3. The average Bonchev–Trinajstić information content (AvgIpc) is 2.64. The first-order valence-electron chi connectivity index (χ1n) is 9.74. The highest BCUT2D eigenvalue weighted by molar-refractivity contribution is 7.99. The minimum atomic E-state index is 0.00116. The number of rotatable bonds is 9. The van der Waals surface area contributed by atoms with E-state index in [0.717, 1.165) is 46.7 Å². The third kappa shape index (κ3) is 6.71. The van der Waals surface area contributed by atoms with Gasteiger partial charge < -0.3 is 10.6 Å². The molecule has 0 fully saturated rings. The highest BCUT2D eigenvalue weighted by atomic mass is 32.2. The number of thioether (sulfide) groups is 1. The number of carbonyl (C=O) groups excluding carboxylic acids is 2. The van der Waals surface area contributed by atoms with E-state index in [1.165, 1.54) is 5.56 Å². The summed E-state index contributed by atoms with van der Waals surface area (Å²) in [5.74, 6) is 1.20. The lowest BCUT2D eigenvalue weighted by Crippen LogP contribution is -2.16. The first-order chi connectivity index (χ1) is 13.4.